The van der Waals surface area contributed by atoms with Crippen molar-refractivity contribution in [2.75, 3.05) is 32.7 Å². The van der Waals surface area contributed by atoms with Crippen molar-refractivity contribution in [2.24, 2.45) is 5.41 Å². The molecule has 102 valence electrons. The van der Waals surface area contributed by atoms with E-state index in [2.05, 4.69) is 10.6 Å². The third kappa shape index (κ3) is 3.02. The Morgan fingerprint density at radius 2 is 1.83 bits per heavy atom. The topological polar surface area (TPSA) is 61.4 Å². The summed E-state index contributed by atoms with van der Waals surface area (Å²) in [5, 5.41) is 6.06. The Morgan fingerprint density at radius 3 is 2.44 bits per heavy atom. The first-order valence-corrected chi connectivity index (χ1v) is 6.89. The van der Waals surface area contributed by atoms with Crippen LogP contribution < -0.4 is 10.6 Å². The molecule has 0 unspecified atom stereocenters. The Morgan fingerprint density at radius 1 is 1.22 bits per heavy atom. The molecule has 0 bridgehead atoms. The fourth-order valence-corrected chi connectivity index (χ4v) is 2.65. The van der Waals surface area contributed by atoms with Crippen LogP contribution in [0.3, 0.4) is 0 Å². The van der Waals surface area contributed by atoms with E-state index in [9.17, 15) is 9.59 Å². The first-order chi connectivity index (χ1) is 8.62. The molecule has 2 heterocycles. The average molecular weight is 253 g/mol. The van der Waals surface area contributed by atoms with Gasteiger partial charge in [-0.3, -0.25) is 9.59 Å². The zero-order valence-electron chi connectivity index (χ0n) is 11.1. The summed E-state index contributed by atoms with van der Waals surface area (Å²) < 4.78 is 0. The van der Waals surface area contributed by atoms with E-state index in [-0.39, 0.29) is 23.8 Å². The molecule has 0 spiro atoms. The minimum absolute atomic E-state index is 0.0246. The lowest BCUT2D eigenvalue weighted by molar-refractivity contribution is -0.136. The van der Waals surface area contributed by atoms with Crippen LogP contribution in [0.5, 0.6) is 0 Å². The Balaban J connectivity index is 1.78. The Hall–Kier alpha value is -1.10. The second kappa shape index (κ2) is 5.69. The number of rotatable bonds is 3. The Labute approximate surface area is 108 Å². The van der Waals surface area contributed by atoms with Crippen molar-refractivity contribution in [3.8, 4) is 0 Å². The highest BCUT2D eigenvalue weighted by Crippen LogP contribution is 2.27. The lowest BCUT2D eigenvalue weighted by atomic mass is 9.80. The molecule has 2 N–H and O–H groups in total. The summed E-state index contributed by atoms with van der Waals surface area (Å²) in [5.74, 6) is 0.0786. The molecule has 0 atom stereocenters. The van der Waals surface area contributed by atoms with Crippen molar-refractivity contribution >= 4 is 11.8 Å². The van der Waals surface area contributed by atoms with Crippen LogP contribution in [0.4, 0.5) is 0 Å². The third-order valence-electron chi connectivity index (χ3n) is 4.11. The zero-order valence-corrected chi connectivity index (χ0v) is 11.1. The normalized spacial score (nSPS) is 22.8. The molecule has 2 saturated heterocycles. The Bertz CT molecular complexity index is 318. The molecule has 5 heteroatoms. The van der Waals surface area contributed by atoms with Gasteiger partial charge in [-0.25, -0.2) is 0 Å². The number of carbonyl (C=O) groups excluding carboxylic acids is 2. The van der Waals surface area contributed by atoms with E-state index < -0.39 is 0 Å². The molecule has 0 saturated carbocycles. The summed E-state index contributed by atoms with van der Waals surface area (Å²) in [6.07, 6.45) is 3.86. The highest BCUT2D eigenvalue weighted by molar-refractivity contribution is 5.87. The fourth-order valence-electron chi connectivity index (χ4n) is 2.65. The Kier molecular flexibility index (Phi) is 4.22. The van der Waals surface area contributed by atoms with Crippen LogP contribution in [-0.4, -0.2) is 49.4 Å². The van der Waals surface area contributed by atoms with E-state index in [0.29, 0.717) is 0 Å². The monoisotopic (exact) mass is 253 g/mol. The van der Waals surface area contributed by atoms with Gasteiger partial charge in [-0.15, -0.1) is 0 Å². The maximum Gasteiger partial charge on any atom is 0.241 e. The van der Waals surface area contributed by atoms with Gasteiger partial charge < -0.3 is 15.5 Å². The SMILES string of the molecule is CC1(C(=O)NCC(=O)N2CCCC2)CCNCC1. The molecule has 2 aliphatic rings. The quantitative estimate of drug-likeness (QED) is 0.751. The number of likely N-dealkylation sites (tertiary alicyclic amines) is 1. The second-order valence-corrected chi connectivity index (χ2v) is 5.58. The molecule has 0 radical (unpaired) electrons. The van der Waals surface area contributed by atoms with Gasteiger partial charge in [0, 0.05) is 18.5 Å². The van der Waals surface area contributed by atoms with Gasteiger partial charge in [0.1, 0.15) is 0 Å². The predicted octanol–water partition coefficient (Wildman–Crippen LogP) is 0.115. The van der Waals surface area contributed by atoms with Gasteiger partial charge in [-0.1, -0.05) is 6.92 Å². The molecule has 2 fully saturated rings. The van der Waals surface area contributed by atoms with Crippen molar-refractivity contribution in [2.45, 2.75) is 32.6 Å². The molecule has 0 aliphatic carbocycles. The molecule has 2 aliphatic heterocycles. The lowest BCUT2D eigenvalue weighted by Gasteiger charge is -2.32. The average Bonchev–Trinajstić information content (AvgIpc) is 2.90. The van der Waals surface area contributed by atoms with Crippen LogP contribution in [0.1, 0.15) is 32.6 Å². The standard InChI is InChI=1S/C13H23N3O2/c1-13(4-6-14-7-5-13)12(18)15-10-11(17)16-8-2-3-9-16/h14H,2-10H2,1H3,(H,15,18). The van der Waals surface area contributed by atoms with E-state index >= 15 is 0 Å². The van der Waals surface area contributed by atoms with E-state index in [0.717, 1.165) is 51.9 Å². The number of nitrogens with zero attached hydrogens (tertiary/aromatic N) is 1. The zero-order chi connectivity index (χ0) is 13.0. The third-order valence-corrected chi connectivity index (χ3v) is 4.11. The minimum atomic E-state index is -0.309. The highest BCUT2D eigenvalue weighted by atomic mass is 16.2. The van der Waals surface area contributed by atoms with Gasteiger partial charge in [0.25, 0.3) is 0 Å². The van der Waals surface area contributed by atoms with Gasteiger partial charge in [0.2, 0.25) is 11.8 Å². The maximum absolute atomic E-state index is 12.1. The second-order valence-electron chi connectivity index (χ2n) is 5.58. The molecule has 0 aromatic carbocycles. The molecular formula is C13H23N3O2. The van der Waals surface area contributed by atoms with Crippen LogP contribution in [0.25, 0.3) is 0 Å². The van der Waals surface area contributed by atoms with Gasteiger partial charge in [-0.2, -0.15) is 0 Å². The number of carbonyl (C=O) groups is 2. The van der Waals surface area contributed by atoms with E-state index in [1.807, 2.05) is 11.8 Å². The summed E-state index contributed by atoms with van der Waals surface area (Å²) in [7, 11) is 0. The summed E-state index contributed by atoms with van der Waals surface area (Å²) in [6, 6.07) is 0. The van der Waals surface area contributed by atoms with Crippen molar-refractivity contribution in [3.63, 3.8) is 0 Å². The molecule has 5 nitrogen and oxygen atoms in total. The molecule has 0 aromatic rings. The largest absolute Gasteiger partial charge is 0.347 e. The van der Waals surface area contributed by atoms with Gasteiger partial charge in [0.05, 0.1) is 6.54 Å². The summed E-state index contributed by atoms with van der Waals surface area (Å²) in [5.41, 5.74) is -0.309. The number of nitrogens with one attached hydrogen (secondary N) is 2. The van der Waals surface area contributed by atoms with Crippen LogP contribution in [-0.2, 0) is 9.59 Å². The van der Waals surface area contributed by atoms with Crippen LogP contribution in [0, 0.1) is 5.41 Å². The first-order valence-electron chi connectivity index (χ1n) is 6.89. The summed E-state index contributed by atoms with van der Waals surface area (Å²) in [6.45, 7) is 5.59. The number of piperidine rings is 1. The van der Waals surface area contributed by atoms with Gasteiger partial charge in [0.15, 0.2) is 0 Å². The van der Waals surface area contributed by atoms with Crippen LogP contribution in [0.15, 0.2) is 0 Å². The number of amides is 2. The highest BCUT2D eigenvalue weighted by Gasteiger charge is 2.34. The van der Waals surface area contributed by atoms with E-state index in [1.54, 1.807) is 0 Å². The molecule has 2 amide bonds. The van der Waals surface area contributed by atoms with Gasteiger partial charge in [-0.05, 0) is 38.8 Å². The molecular weight excluding hydrogens is 230 g/mol. The smallest absolute Gasteiger partial charge is 0.241 e. The summed E-state index contributed by atoms with van der Waals surface area (Å²) >= 11 is 0. The van der Waals surface area contributed by atoms with Gasteiger partial charge >= 0.3 is 0 Å². The molecule has 0 aromatic heterocycles. The fraction of sp³-hybridized carbons (Fsp3) is 0.846. The van der Waals surface area contributed by atoms with Crippen molar-refractivity contribution in [3.05, 3.63) is 0 Å². The van der Waals surface area contributed by atoms with Crippen molar-refractivity contribution in [1.82, 2.24) is 15.5 Å². The van der Waals surface area contributed by atoms with Crippen LogP contribution in [0.2, 0.25) is 0 Å². The first kappa shape index (κ1) is 13.3. The van der Waals surface area contributed by atoms with Crippen LogP contribution >= 0.6 is 0 Å². The number of hydrogen-bond donors (Lipinski definition) is 2. The number of hydrogen-bond acceptors (Lipinski definition) is 3. The molecule has 2 rings (SSSR count). The van der Waals surface area contributed by atoms with E-state index in [4.69, 9.17) is 0 Å². The predicted molar refractivity (Wildman–Crippen MR) is 69.0 cm³/mol. The molecule has 18 heavy (non-hydrogen) atoms. The van der Waals surface area contributed by atoms with Crippen molar-refractivity contribution in [1.29, 1.82) is 0 Å². The summed E-state index contributed by atoms with van der Waals surface area (Å²) in [4.78, 5) is 25.8. The van der Waals surface area contributed by atoms with E-state index in [1.165, 1.54) is 0 Å². The minimum Gasteiger partial charge on any atom is -0.347 e. The maximum atomic E-state index is 12.1. The van der Waals surface area contributed by atoms with Crippen molar-refractivity contribution < 1.29 is 9.59 Å². The lowest BCUT2D eigenvalue weighted by Crippen LogP contribution is -2.48.